The van der Waals surface area contributed by atoms with Crippen molar-refractivity contribution in [3.05, 3.63) is 22.7 Å². The van der Waals surface area contributed by atoms with E-state index in [-0.39, 0.29) is 6.10 Å². The third kappa shape index (κ3) is 2.92. The van der Waals surface area contributed by atoms with Crippen LogP contribution in [0.25, 0.3) is 0 Å². The molecule has 3 heteroatoms. The van der Waals surface area contributed by atoms with E-state index in [0.717, 1.165) is 16.0 Å². The molecule has 0 aliphatic rings. The Labute approximate surface area is 87.0 Å². The summed E-state index contributed by atoms with van der Waals surface area (Å²) in [6, 6.07) is 5.67. The standard InChI is InChI=1S/C10H13BrO2/c1-7(2)13-8-4-5-10(12-3)9(11)6-8/h4-7H,1-3H3. The Balaban J connectivity index is 2.83. The number of rotatable bonds is 3. The van der Waals surface area contributed by atoms with E-state index >= 15 is 0 Å². The predicted molar refractivity (Wildman–Crippen MR) is 56.5 cm³/mol. The molecule has 0 radical (unpaired) electrons. The molecule has 2 nitrogen and oxygen atoms in total. The summed E-state index contributed by atoms with van der Waals surface area (Å²) in [7, 11) is 1.64. The van der Waals surface area contributed by atoms with Crippen molar-refractivity contribution in [1.29, 1.82) is 0 Å². The molecule has 0 aliphatic heterocycles. The molecule has 0 N–H and O–H groups in total. The van der Waals surface area contributed by atoms with Crippen LogP contribution in [0.3, 0.4) is 0 Å². The molecule has 1 aromatic rings. The molecule has 0 fully saturated rings. The van der Waals surface area contributed by atoms with Gasteiger partial charge in [-0.25, -0.2) is 0 Å². The largest absolute Gasteiger partial charge is 0.496 e. The van der Waals surface area contributed by atoms with Gasteiger partial charge in [0.1, 0.15) is 11.5 Å². The maximum Gasteiger partial charge on any atom is 0.133 e. The first-order chi connectivity index (χ1) is 6.13. The second-order valence-corrected chi connectivity index (χ2v) is 3.82. The van der Waals surface area contributed by atoms with Crippen molar-refractivity contribution < 1.29 is 9.47 Å². The molecule has 0 aliphatic carbocycles. The zero-order chi connectivity index (χ0) is 9.84. The van der Waals surface area contributed by atoms with Gasteiger partial charge < -0.3 is 9.47 Å². The van der Waals surface area contributed by atoms with Gasteiger partial charge in [-0.05, 0) is 48.0 Å². The highest BCUT2D eigenvalue weighted by molar-refractivity contribution is 9.10. The summed E-state index contributed by atoms with van der Waals surface area (Å²) >= 11 is 3.39. The van der Waals surface area contributed by atoms with Gasteiger partial charge in [0.25, 0.3) is 0 Å². The van der Waals surface area contributed by atoms with Crippen LogP contribution in [-0.2, 0) is 0 Å². The van der Waals surface area contributed by atoms with Crippen LogP contribution in [-0.4, -0.2) is 13.2 Å². The van der Waals surface area contributed by atoms with Gasteiger partial charge in [-0.3, -0.25) is 0 Å². The third-order valence-electron chi connectivity index (χ3n) is 1.50. The Morgan fingerprint density at radius 2 is 2.00 bits per heavy atom. The van der Waals surface area contributed by atoms with Crippen LogP contribution in [0.15, 0.2) is 22.7 Å². The molecule has 1 aromatic carbocycles. The molecule has 0 amide bonds. The Kier molecular flexibility index (Phi) is 3.60. The van der Waals surface area contributed by atoms with Crippen LogP contribution in [0, 0.1) is 0 Å². The topological polar surface area (TPSA) is 18.5 Å². The van der Waals surface area contributed by atoms with Gasteiger partial charge in [-0.2, -0.15) is 0 Å². The lowest BCUT2D eigenvalue weighted by molar-refractivity contribution is 0.242. The molecule has 0 heterocycles. The minimum Gasteiger partial charge on any atom is -0.496 e. The van der Waals surface area contributed by atoms with Crippen molar-refractivity contribution in [2.45, 2.75) is 20.0 Å². The summed E-state index contributed by atoms with van der Waals surface area (Å²) in [6.45, 7) is 4.00. The van der Waals surface area contributed by atoms with Crippen molar-refractivity contribution in [3.8, 4) is 11.5 Å². The van der Waals surface area contributed by atoms with Crippen LogP contribution >= 0.6 is 15.9 Å². The zero-order valence-electron chi connectivity index (χ0n) is 8.00. The molecule has 0 atom stereocenters. The summed E-state index contributed by atoms with van der Waals surface area (Å²) in [5.41, 5.74) is 0. The first-order valence-corrected chi connectivity index (χ1v) is 4.93. The molecular formula is C10H13BrO2. The monoisotopic (exact) mass is 244 g/mol. The molecular weight excluding hydrogens is 232 g/mol. The fraction of sp³-hybridized carbons (Fsp3) is 0.400. The van der Waals surface area contributed by atoms with Crippen molar-refractivity contribution in [2.75, 3.05) is 7.11 Å². The molecule has 0 saturated carbocycles. The molecule has 0 bridgehead atoms. The van der Waals surface area contributed by atoms with Gasteiger partial charge in [0.2, 0.25) is 0 Å². The maximum atomic E-state index is 5.51. The summed E-state index contributed by atoms with van der Waals surface area (Å²) in [4.78, 5) is 0. The normalized spacial score (nSPS) is 10.2. The smallest absolute Gasteiger partial charge is 0.133 e. The highest BCUT2D eigenvalue weighted by Crippen LogP contribution is 2.29. The van der Waals surface area contributed by atoms with E-state index < -0.39 is 0 Å². The van der Waals surface area contributed by atoms with Crippen LogP contribution in [0.4, 0.5) is 0 Å². The number of benzene rings is 1. The highest BCUT2D eigenvalue weighted by atomic mass is 79.9. The highest BCUT2D eigenvalue weighted by Gasteiger charge is 2.02. The van der Waals surface area contributed by atoms with Crippen LogP contribution in [0.1, 0.15) is 13.8 Å². The first kappa shape index (κ1) is 10.4. The summed E-state index contributed by atoms with van der Waals surface area (Å²) < 4.78 is 11.5. The lowest BCUT2D eigenvalue weighted by Gasteiger charge is -2.11. The zero-order valence-corrected chi connectivity index (χ0v) is 9.59. The Bertz CT molecular complexity index is 284. The second kappa shape index (κ2) is 4.51. The number of hydrogen-bond donors (Lipinski definition) is 0. The SMILES string of the molecule is COc1ccc(OC(C)C)cc1Br. The molecule has 72 valence electrons. The van der Waals surface area contributed by atoms with Crippen molar-refractivity contribution in [1.82, 2.24) is 0 Å². The molecule has 0 unspecified atom stereocenters. The Morgan fingerprint density at radius 1 is 1.31 bits per heavy atom. The average molecular weight is 245 g/mol. The minimum absolute atomic E-state index is 0.195. The maximum absolute atomic E-state index is 5.51. The van der Waals surface area contributed by atoms with Crippen LogP contribution in [0.5, 0.6) is 11.5 Å². The number of methoxy groups -OCH3 is 1. The summed E-state index contributed by atoms with van der Waals surface area (Å²) in [5, 5.41) is 0. The van der Waals surface area contributed by atoms with E-state index in [1.807, 2.05) is 32.0 Å². The van der Waals surface area contributed by atoms with E-state index in [1.54, 1.807) is 7.11 Å². The van der Waals surface area contributed by atoms with Gasteiger partial charge >= 0.3 is 0 Å². The quantitative estimate of drug-likeness (QED) is 0.813. The summed E-state index contributed by atoms with van der Waals surface area (Å²) in [6.07, 6.45) is 0.195. The van der Waals surface area contributed by atoms with E-state index in [0.29, 0.717) is 0 Å². The first-order valence-electron chi connectivity index (χ1n) is 4.13. The van der Waals surface area contributed by atoms with Crippen molar-refractivity contribution in [2.24, 2.45) is 0 Å². The molecule has 0 spiro atoms. The minimum atomic E-state index is 0.195. The van der Waals surface area contributed by atoms with Gasteiger partial charge in [0, 0.05) is 0 Å². The number of hydrogen-bond acceptors (Lipinski definition) is 2. The predicted octanol–water partition coefficient (Wildman–Crippen LogP) is 3.24. The van der Waals surface area contributed by atoms with E-state index in [2.05, 4.69) is 15.9 Å². The summed E-state index contributed by atoms with van der Waals surface area (Å²) in [5.74, 6) is 1.67. The van der Waals surface area contributed by atoms with E-state index in [1.165, 1.54) is 0 Å². The van der Waals surface area contributed by atoms with Crippen molar-refractivity contribution >= 4 is 15.9 Å². The second-order valence-electron chi connectivity index (χ2n) is 2.96. The van der Waals surface area contributed by atoms with Crippen molar-refractivity contribution in [3.63, 3.8) is 0 Å². The van der Waals surface area contributed by atoms with Crippen LogP contribution < -0.4 is 9.47 Å². The number of ether oxygens (including phenoxy) is 2. The number of halogens is 1. The fourth-order valence-electron chi connectivity index (χ4n) is 0.993. The van der Waals surface area contributed by atoms with Crippen LogP contribution in [0.2, 0.25) is 0 Å². The van der Waals surface area contributed by atoms with E-state index in [9.17, 15) is 0 Å². The van der Waals surface area contributed by atoms with Gasteiger partial charge in [0.05, 0.1) is 17.7 Å². The van der Waals surface area contributed by atoms with E-state index in [4.69, 9.17) is 9.47 Å². The molecule has 13 heavy (non-hydrogen) atoms. The Morgan fingerprint density at radius 3 is 2.46 bits per heavy atom. The van der Waals surface area contributed by atoms with Gasteiger partial charge in [0.15, 0.2) is 0 Å². The average Bonchev–Trinajstić information content (AvgIpc) is 2.03. The third-order valence-corrected chi connectivity index (χ3v) is 2.11. The lowest BCUT2D eigenvalue weighted by atomic mass is 10.3. The fourth-order valence-corrected chi connectivity index (χ4v) is 1.51. The van der Waals surface area contributed by atoms with Gasteiger partial charge in [-0.1, -0.05) is 0 Å². The molecule has 1 rings (SSSR count). The molecule has 0 saturated heterocycles. The lowest BCUT2D eigenvalue weighted by Crippen LogP contribution is -2.05. The molecule has 0 aromatic heterocycles. The Hall–Kier alpha value is -0.700. The van der Waals surface area contributed by atoms with Gasteiger partial charge in [-0.15, -0.1) is 0 Å².